The topological polar surface area (TPSA) is 12.9 Å². The Kier molecular flexibility index (Phi) is 9.96. The fourth-order valence-corrected chi connectivity index (χ4v) is 3.17. The lowest BCUT2D eigenvalue weighted by atomic mass is 10.1. The summed E-state index contributed by atoms with van der Waals surface area (Å²) in [5.74, 6) is 0. The molecule has 0 fully saturated rings. The van der Waals surface area contributed by atoms with Gasteiger partial charge in [-0.05, 0) is 44.0 Å². The Labute approximate surface area is 162 Å². The van der Waals surface area contributed by atoms with E-state index in [4.69, 9.17) is 4.98 Å². The standard InChI is InChI=1S/C18H15NS.C4H8.C2H6/c1-3-13(4-2)16-10-11-17-18(19-16)15(12-20-17)14-8-6-5-7-9-14;1-3-4-2;1-2/h3-12H,1H2,2H3;3-4H,1-2H3;1-2H3/b13-4+;4-3-;. The van der Waals surface area contributed by atoms with Gasteiger partial charge in [0.05, 0.1) is 15.9 Å². The molecule has 2 aromatic heterocycles. The van der Waals surface area contributed by atoms with Crippen molar-refractivity contribution in [2.24, 2.45) is 0 Å². The van der Waals surface area contributed by atoms with Gasteiger partial charge < -0.3 is 0 Å². The maximum atomic E-state index is 4.82. The van der Waals surface area contributed by atoms with E-state index >= 15 is 0 Å². The fraction of sp³-hybridized carbons (Fsp3) is 0.208. The van der Waals surface area contributed by atoms with Crippen molar-refractivity contribution in [1.82, 2.24) is 4.98 Å². The maximum absolute atomic E-state index is 4.82. The summed E-state index contributed by atoms with van der Waals surface area (Å²) in [7, 11) is 0. The van der Waals surface area contributed by atoms with E-state index in [0.29, 0.717) is 0 Å². The monoisotopic (exact) mass is 363 g/mol. The first-order valence-electron chi connectivity index (χ1n) is 9.05. The smallest absolute Gasteiger partial charge is 0.0895 e. The highest BCUT2D eigenvalue weighted by atomic mass is 32.1. The highest BCUT2D eigenvalue weighted by Gasteiger charge is 2.09. The lowest BCUT2D eigenvalue weighted by Crippen LogP contribution is -1.87. The number of hydrogen-bond acceptors (Lipinski definition) is 2. The average molecular weight is 364 g/mol. The number of rotatable bonds is 3. The van der Waals surface area contributed by atoms with Crippen LogP contribution < -0.4 is 0 Å². The van der Waals surface area contributed by atoms with Gasteiger partial charge in [0.25, 0.3) is 0 Å². The summed E-state index contributed by atoms with van der Waals surface area (Å²) in [6, 6.07) is 14.6. The molecule has 0 aliphatic rings. The molecule has 26 heavy (non-hydrogen) atoms. The summed E-state index contributed by atoms with van der Waals surface area (Å²) in [5, 5.41) is 2.18. The number of aromatic nitrogens is 1. The van der Waals surface area contributed by atoms with Crippen molar-refractivity contribution >= 4 is 27.1 Å². The van der Waals surface area contributed by atoms with E-state index in [0.717, 1.165) is 16.8 Å². The highest BCUT2D eigenvalue weighted by Crippen LogP contribution is 2.33. The van der Waals surface area contributed by atoms with Crippen LogP contribution >= 0.6 is 11.3 Å². The quantitative estimate of drug-likeness (QED) is 0.338. The number of benzene rings is 1. The summed E-state index contributed by atoms with van der Waals surface area (Å²) in [6.45, 7) is 13.9. The third kappa shape index (κ3) is 5.53. The van der Waals surface area contributed by atoms with E-state index in [-0.39, 0.29) is 0 Å². The molecular formula is C24H29NS. The largest absolute Gasteiger partial charge is 0.246 e. The second-order valence-corrected chi connectivity index (χ2v) is 6.08. The SMILES string of the molecule is C/C=C\C.C=C/C(=C\C)c1ccc2scc(-c3ccccc3)c2n1.CC. The third-order valence-corrected chi connectivity index (χ3v) is 4.60. The maximum Gasteiger partial charge on any atom is 0.0895 e. The van der Waals surface area contributed by atoms with Crippen LogP contribution in [0.25, 0.3) is 26.9 Å². The van der Waals surface area contributed by atoms with Gasteiger partial charge in [-0.3, -0.25) is 0 Å². The minimum absolute atomic E-state index is 0.977. The normalized spacial score (nSPS) is 10.7. The van der Waals surface area contributed by atoms with Crippen molar-refractivity contribution in [3.63, 3.8) is 0 Å². The molecule has 3 rings (SSSR count). The first-order valence-corrected chi connectivity index (χ1v) is 9.93. The van der Waals surface area contributed by atoms with Crippen LogP contribution in [0, 0.1) is 0 Å². The predicted molar refractivity (Wildman–Crippen MR) is 121 cm³/mol. The summed E-state index contributed by atoms with van der Waals surface area (Å²) in [6.07, 6.45) is 7.89. The van der Waals surface area contributed by atoms with Crippen LogP contribution in [0.1, 0.15) is 40.3 Å². The summed E-state index contributed by atoms with van der Waals surface area (Å²) in [5.41, 5.74) is 5.53. The van der Waals surface area contributed by atoms with Crippen LogP contribution in [0.15, 0.2) is 78.7 Å². The third-order valence-electron chi connectivity index (χ3n) is 3.66. The van der Waals surface area contributed by atoms with Crippen LogP contribution in [-0.2, 0) is 0 Å². The van der Waals surface area contributed by atoms with Crippen molar-refractivity contribution in [1.29, 1.82) is 0 Å². The Morgan fingerprint density at radius 2 is 1.62 bits per heavy atom. The van der Waals surface area contributed by atoms with Crippen molar-refractivity contribution < 1.29 is 0 Å². The molecule has 0 aliphatic heterocycles. The van der Waals surface area contributed by atoms with Crippen LogP contribution in [0.3, 0.4) is 0 Å². The van der Waals surface area contributed by atoms with Crippen LogP contribution in [-0.4, -0.2) is 4.98 Å². The highest BCUT2D eigenvalue weighted by molar-refractivity contribution is 7.17. The molecule has 1 nitrogen and oxygen atoms in total. The molecule has 0 N–H and O–H groups in total. The van der Waals surface area contributed by atoms with Crippen LogP contribution in [0.4, 0.5) is 0 Å². The molecule has 136 valence electrons. The van der Waals surface area contributed by atoms with Crippen LogP contribution in [0.2, 0.25) is 0 Å². The van der Waals surface area contributed by atoms with Crippen LogP contribution in [0.5, 0.6) is 0 Å². The molecule has 3 aromatic rings. The molecule has 0 spiro atoms. The zero-order valence-corrected chi connectivity index (χ0v) is 17.3. The zero-order valence-electron chi connectivity index (χ0n) is 16.5. The Balaban J connectivity index is 0.000000500. The molecule has 0 atom stereocenters. The fourth-order valence-electron chi connectivity index (χ4n) is 2.27. The van der Waals surface area contributed by atoms with Crippen molar-refractivity contribution in [3.8, 4) is 11.1 Å². The van der Waals surface area contributed by atoms with Crippen molar-refractivity contribution in [3.05, 3.63) is 84.4 Å². The van der Waals surface area contributed by atoms with E-state index in [9.17, 15) is 0 Å². The van der Waals surface area contributed by atoms with E-state index in [2.05, 4.69) is 48.4 Å². The molecule has 0 radical (unpaired) electrons. The molecule has 0 amide bonds. The Morgan fingerprint density at radius 3 is 2.15 bits per heavy atom. The zero-order chi connectivity index (χ0) is 19.4. The molecule has 1 aromatic carbocycles. The molecular weight excluding hydrogens is 334 g/mol. The van der Waals surface area contributed by atoms with Crippen molar-refractivity contribution in [2.45, 2.75) is 34.6 Å². The van der Waals surface area contributed by atoms with Gasteiger partial charge in [0.15, 0.2) is 0 Å². The molecule has 2 heterocycles. The molecule has 2 heteroatoms. The van der Waals surface area contributed by atoms with E-state index in [1.165, 1.54) is 15.8 Å². The lowest BCUT2D eigenvalue weighted by molar-refractivity contribution is 1.36. The van der Waals surface area contributed by atoms with Gasteiger partial charge in [-0.25, -0.2) is 4.98 Å². The van der Waals surface area contributed by atoms with Gasteiger partial charge >= 0.3 is 0 Å². The Hall–Kier alpha value is -2.45. The molecule has 0 bridgehead atoms. The molecule has 0 aliphatic carbocycles. The molecule has 0 saturated carbocycles. The summed E-state index contributed by atoms with van der Waals surface area (Å²) in [4.78, 5) is 4.82. The van der Waals surface area contributed by atoms with Gasteiger partial charge in [0.1, 0.15) is 0 Å². The van der Waals surface area contributed by atoms with Gasteiger partial charge in [0, 0.05) is 10.9 Å². The van der Waals surface area contributed by atoms with E-state index in [1.807, 2.05) is 65.0 Å². The number of pyridine rings is 1. The minimum atomic E-state index is 0.977. The average Bonchev–Trinajstić information content (AvgIpc) is 3.15. The van der Waals surface area contributed by atoms with E-state index < -0.39 is 0 Å². The van der Waals surface area contributed by atoms with Gasteiger partial charge in [0.2, 0.25) is 0 Å². The molecule has 0 unspecified atom stereocenters. The van der Waals surface area contributed by atoms with Gasteiger partial charge in [-0.2, -0.15) is 0 Å². The van der Waals surface area contributed by atoms with Gasteiger partial charge in [-0.15, -0.1) is 11.3 Å². The second kappa shape index (κ2) is 12.0. The van der Waals surface area contributed by atoms with Gasteiger partial charge in [-0.1, -0.05) is 75.1 Å². The minimum Gasteiger partial charge on any atom is -0.246 e. The number of fused-ring (bicyclic) bond motifs is 1. The predicted octanol–water partition coefficient (Wildman–Crippen LogP) is 8.16. The van der Waals surface area contributed by atoms with Crippen molar-refractivity contribution in [2.75, 3.05) is 0 Å². The molecule has 0 saturated heterocycles. The first-order chi connectivity index (χ1) is 12.7. The number of allylic oxidation sites excluding steroid dienone is 5. The lowest BCUT2D eigenvalue weighted by Gasteiger charge is -2.03. The number of thiophene rings is 1. The number of hydrogen-bond donors (Lipinski definition) is 0. The Bertz CT molecular complexity index is 850. The number of nitrogens with zero attached hydrogens (tertiary/aromatic N) is 1. The first kappa shape index (κ1) is 21.6. The second-order valence-electron chi connectivity index (χ2n) is 5.17. The summed E-state index contributed by atoms with van der Waals surface area (Å²) >= 11 is 1.74. The van der Waals surface area contributed by atoms with E-state index in [1.54, 1.807) is 11.3 Å². The summed E-state index contributed by atoms with van der Waals surface area (Å²) < 4.78 is 1.21. The Morgan fingerprint density at radius 1 is 0.962 bits per heavy atom.